The Morgan fingerprint density at radius 1 is 1.24 bits per heavy atom. The summed E-state index contributed by atoms with van der Waals surface area (Å²) >= 11 is 0. The molecule has 2 N–H and O–H groups in total. The number of carboxylic acids is 1. The van der Waals surface area contributed by atoms with Crippen LogP contribution in [0.3, 0.4) is 0 Å². The Morgan fingerprint density at radius 2 is 1.97 bits per heavy atom. The summed E-state index contributed by atoms with van der Waals surface area (Å²) in [6.07, 6.45) is 3.81. The molecule has 210 valence electrons. The number of carbonyl (C=O) groups excluding carboxylic acids is 1. The van der Waals surface area contributed by atoms with Gasteiger partial charge in [-0.15, -0.1) is 0 Å². The molecule has 1 aromatic carbocycles. The number of halogens is 3. The summed E-state index contributed by atoms with van der Waals surface area (Å²) in [4.78, 5) is 27.5. The Bertz CT molecular complexity index is 1030. The third-order valence-electron chi connectivity index (χ3n) is 6.66. The van der Waals surface area contributed by atoms with Crippen LogP contribution in [-0.4, -0.2) is 53.1 Å². The molecule has 1 atom stereocenters. The molecule has 6 nitrogen and oxygen atoms in total. The van der Waals surface area contributed by atoms with Gasteiger partial charge in [0.15, 0.2) is 0 Å². The van der Waals surface area contributed by atoms with E-state index in [4.69, 9.17) is 0 Å². The first kappa shape index (κ1) is 31.0. The van der Waals surface area contributed by atoms with Gasteiger partial charge in [0.2, 0.25) is 0 Å². The van der Waals surface area contributed by atoms with Crippen molar-refractivity contribution in [1.82, 2.24) is 15.1 Å². The Labute approximate surface area is 223 Å². The summed E-state index contributed by atoms with van der Waals surface area (Å²) in [6.45, 7) is 12.3. The summed E-state index contributed by atoms with van der Waals surface area (Å²) < 4.78 is 39.6. The quantitative estimate of drug-likeness (QED) is 0.319. The number of aliphatic carboxylic acids is 1. The second-order valence-electron chi connectivity index (χ2n) is 9.33. The summed E-state index contributed by atoms with van der Waals surface area (Å²) in [5.41, 5.74) is 2.72. The molecule has 9 heteroatoms. The van der Waals surface area contributed by atoms with E-state index in [0.29, 0.717) is 25.9 Å². The van der Waals surface area contributed by atoms with Crippen molar-refractivity contribution in [3.63, 3.8) is 0 Å². The number of rotatable bonds is 10. The highest BCUT2D eigenvalue weighted by molar-refractivity contribution is 5.78. The maximum Gasteiger partial charge on any atom is 0.416 e. The number of hydrogen-bond acceptors (Lipinski definition) is 3. The van der Waals surface area contributed by atoms with E-state index in [1.165, 1.54) is 28.3 Å². The van der Waals surface area contributed by atoms with Crippen LogP contribution in [0.25, 0.3) is 0 Å². The van der Waals surface area contributed by atoms with Crippen molar-refractivity contribution in [2.45, 2.75) is 71.5 Å². The topological polar surface area (TPSA) is 72.9 Å². The van der Waals surface area contributed by atoms with Gasteiger partial charge in [-0.05, 0) is 62.3 Å². The fourth-order valence-corrected chi connectivity index (χ4v) is 4.62. The average molecular weight is 536 g/mol. The molecule has 0 aromatic heterocycles. The zero-order valence-corrected chi connectivity index (χ0v) is 22.6. The number of allylic oxidation sites excluding steroid dienone is 5. The van der Waals surface area contributed by atoms with Gasteiger partial charge in [0.05, 0.1) is 18.0 Å². The zero-order chi connectivity index (χ0) is 28.3. The fourth-order valence-electron chi connectivity index (χ4n) is 4.62. The monoisotopic (exact) mass is 535 g/mol. The predicted molar refractivity (Wildman–Crippen MR) is 144 cm³/mol. The number of carboxylic acid groups (broad SMARTS) is 1. The molecule has 0 saturated carbocycles. The Hall–Kier alpha value is -3.23. The van der Waals surface area contributed by atoms with Crippen molar-refractivity contribution in [3.05, 3.63) is 71.0 Å². The van der Waals surface area contributed by atoms with Crippen molar-refractivity contribution in [1.29, 1.82) is 0 Å². The van der Waals surface area contributed by atoms with Gasteiger partial charge in [-0.25, -0.2) is 4.79 Å². The molecule has 38 heavy (non-hydrogen) atoms. The molecular weight excluding hydrogens is 495 g/mol. The predicted octanol–water partition coefficient (Wildman–Crippen LogP) is 6.93. The lowest BCUT2D eigenvalue weighted by Crippen LogP contribution is -2.36. The van der Waals surface area contributed by atoms with Gasteiger partial charge in [-0.1, -0.05) is 50.3 Å². The van der Waals surface area contributed by atoms with Gasteiger partial charge in [-0.2, -0.15) is 13.2 Å². The van der Waals surface area contributed by atoms with Crippen LogP contribution in [-0.2, 0) is 11.0 Å². The molecule has 0 aliphatic carbocycles. The first-order valence-electron chi connectivity index (χ1n) is 13.3. The van der Waals surface area contributed by atoms with Crippen molar-refractivity contribution in [2.75, 3.05) is 26.2 Å². The molecule has 2 aliphatic rings. The molecule has 1 unspecified atom stereocenters. The highest BCUT2D eigenvalue weighted by Crippen LogP contribution is 2.34. The lowest BCUT2D eigenvalue weighted by atomic mass is 10.00. The van der Waals surface area contributed by atoms with Crippen LogP contribution < -0.4 is 5.32 Å². The minimum Gasteiger partial charge on any atom is -0.481 e. The summed E-state index contributed by atoms with van der Waals surface area (Å²) in [5.74, 6) is -1.18. The summed E-state index contributed by atoms with van der Waals surface area (Å²) in [6, 6.07) is 3.23. The zero-order valence-electron chi connectivity index (χ0n) is 22.6. The van der Waals surface area contributed by atoms with Gasteiger partial charge < -0.3 is 20.2 Å². The maximum absolute atomic E-state index is 13.2. The van der Waals surface area contributed by atoms with Crippen molar-refractivity contribution >= 4 is 12.0 Å². The Morgan fingerprint density at radius 3 is 2.66 bits per heavy atom. The lowest BCUT2D eigenvalue weighted by Gasteiger charge is -2.28. The summed E-state index contributed by atoms with van der Waals surface area (Å²) in [5, 5.41) is 12.8. The van der Waals surface area contributed by atoms with E-state index in [0.717, 1.165) is 43.5 Å². The SMILES string of the molecule is C=C(/C=C\C1=C(C)NCCCC1)CCCN1CCN(C(CC(=O)O)c2cccc(C(F)(F)F)c2)C1=O.CC. The van der Waals surface area contributed by atoms with Crippen LogP contribution in [0.15, 0.2) is 59.8 Å². The van der Waals surface area contributed by atoms with E-state index in [2.05, 4.69) is 24.9 Å². The number of alkyl halides is 3. The second kappa shape index (κ2) is 14.6. The molecule has 0 radical (unpaired) electrons. The van der Waals surface area contributed by atoms with E-state index >= 15 is 0 Å². The van der Waals surface area contributed by atoms with Crippen LogP contribution in [0.5, 0.6) is 0 Å². The van der Waals surface area contributed by atoms with Crippen LogP contribution in [0.4, 0.5) is 18.0 Å². The van der Waals surface area contributed by atoms with Crippen molar-refractivity contribution < 1.29 is 27.9 Å². The molecule has 2 heterocycles. The minimum atomic E-state index is -4.55. The largest absolute Gasteiger partial charge is 0.481 e. The van der Waals surface area contributed by atoms with Crippen LogP contribution in [0.1, 0.15) is 76.5 Å². The molecular formula is C29H40F3N3O3. The van der Waals surface area contributed by atoms with E-state index in [9.17, 15) is 27.9 Å². The molecule has 2 amide bonds. The smallest absolute Gasteiger partial charge is 0.416 e. The minimum absolute atomic E-state index is 0.165. The fraction of sp³-hybridized carbons (Fsp3) is 0.517. The molecule has 1 saturated heterocycles. The highest BCUT2D eigenvalue weighted by atomic mass is 19.4. The highest BCUT2D eigenvalue weighted by Gasteiger charge is 2.37. The molecule has 0 spiro atoms. The molecule has 1 fully saturated rings. The van der Waals surface area contributed by atoms with Crippen LogP contribution in [0, 0.1) is 0 Å². The normalized spacial score (nSPS) is 17.2. The van der Waals surface area contributed by atoms with E-state index in [1.807, 2.05) is 19.9 Å². The van der Waals surface area contributed by atoms with Crippen molar-refractivity contribution in [2.24, 2.45) is 0 Å². The van der Waals surface area contributed by atoms with Gasteiger partial charge in [0.1, 0.15) is 0 Å². The molecule has 3 rings (SSSR count). The first-order valence-corrected chi connectivity index (χ1v) is 13.3. The van der Waals surface area contributed by atoms with Crippen LogP contribution >= 0.6 is 0 Å². The number of nitrogens with one attached hydrogen (secondary N) is 1. The van der Waals surface area contributed by atoms with Gasteiger partial charge in [0, 0.05) is 31.9 Å². The Balaban J connectivity index is 0.00000247. The molecule has 2 aliphatic heterocycles. The van der Waals surface area contributed by atoms with Gasteiger partial charge in [0.25, 0.3) is 0 Å². The number of nitrogens with zero attached hydrogens (tertiary/aromatic N) is 2. The average Bonchev–Trinajstić information content (AvgIpc) is 3.10. The van der Waals surface area contributed by atoms with E-state index < -0.39 is 30.2 Å². The number of hydrogen-bond donors (Lipinski definition) is 2. The lowest BCUT2D eigenvalue weighted by molar-refractivity contribution is -0.138. The first-order chi connectivity index (χ1) is 18.1. The molecule has 0 bridgehead atoms. The number of carbonyl (C=O) groups is 2. The maximum atomic E-state index is 13.2. The van der Waals surface area contributed by atoms with Crippen molar-refractivity contribution in [3.8, 4) is 0 Å². The second-order valence-corrected chi connectivity index (χ2v) is 9.33. The molecule has 1 aromatic rings. The third kappa shape index (κ3) is 8.96. The van der Waals surface area contributed by atoms with E-state index in [-0.39, 0.29) is 18.1 Å². The summed E-state index contributed by atoms with van der Waals surface area (Å²) in [7, 11) is 0. The number of urea groups is 1. The van der Waals surface area contributed by atoms with Gasteiger partial charge in [-0.3, -0.25) is 4.79 Å². The van der Waals surface area contributed by atoms with E-state index in [1.54, 1.807) is 4.90 Å². The number of amides is 2. The third-order valence-corrected chi connectivity index (χ3v) is 6.66. The van der Waals surface area contributed by atoms with Gasteiger partial charge >= 0.3 is 18.2 Å². The standard InChI is InChI=1S/C27H34F3N3O3.C2H6/c1-19(11-12-21-8-3-4-13-31-20(21)2)7-6-14-32-15-16-33(26(32)36)24(18-25(34)35)22-9-5-10-23(17-22)27(28,29)30;1-2/h5,9-12,17,24,31H,1,3-4,6-8,13-16,18H2,2H3,(H,34,35);1-2H3/b12-11-;. The van der Waals surface area contributed by atoms with Crippen LogP contribution in [0.2, 0.25) is 0 Å². The Kier molecular flexibility index (Phi) is 11.9. The number of benzene rings is 1.